The van der Waals surface area contributed by atoms with Crippen molar-refractivity contribution in [3.05, 3.63) is 96.1 Å². The zero-order valence-corrected chi connectivity index (χ0v) is 18.0. The number of aromatic hydroxyl groups is 2. The highest BCUT2D eigenvalue weighted by Gasteiger charge is 2.18. The lowest BCUT2D eigenvalue weighted by molar-refractivity contribution is 0.479. The van der Waals surface area contributed by atoms with Gasteiger partial charge in [0.05, 0.1) is 22.1 Å². The lowest BCUT2D eigenvalue weighted by Gasteiger charge is -2.17. The number of rotatable bonds is 4. The Kier molecular flexibility index (Phi) is 4.83. The maximum atomic E-state index is 11.4. The van der Waals surface area contributed by atoms with Gasteiger partial charge in [-0.05, 0) is 50.2 Å². The van der Waals surface area contributed by atoms with Crippen LogP contribution in [-0.4, -0.2) is 10.2 Å². The van der Waals surface area contributed by atoms with Gasteiger partial charge >= 0.3 is 0 Å². The van der Waals surface area contributed by atoms with Crippen LogP contribution in [0.4, 0.5) is 22.7 Å². The summed E-state index contributed by atoms with van der Waals surface area (Å²) < 4.78 is 0. The van der Waals surface area contributed by atoms with Crippen molar-refractivity contribution in [2.45, 2.75) is 13.8 Å². The summed E-state index contributed by atoms with van der Waals surface area (Å²) >= 11 is 0. The van der Waals surface area contributed by atoms with E-state index in [4.69, 9.17) is 0 Å². The molecule has 0 aromatic heterocycles. The van der Waals surface area contributed by atoms with Crippen molar-refractivity contribution in [1.29, 1.82) is 0 Å². The van der Waals surface area contributed by atoms with E-state index in [0.717, 1.165) is 22.7 Å². The number of anilines is 4. The highest BCUT2D eigenvalue weighted by Crippen LogP contribution is 2.47. The SMILES string of the molecule is Cc1ccc(Nc2cccc3c(O)c4cccc(Nc5ccc(C)cc5)c4c(O)c23)cc1. The summed E-state index contributed by atoms with van der Waals surface area (Å²) in [4.78, 5) is 0. The molecule has 0 aliphatic heterocycles. The van der Waals surface area contributed by atoms with Gasteiger partial charge in [0.1, 0.15) is 11.5 Å². The third-order valence-electron chi connectivity index (χ3n) is 5.77. The first kappa shape index (κ1) is 19.8. The molecule has 0 heterocycles. The van der Waals surface area contributed by atoms with E-state index < -0.39 is 0 Å². The van der Waals surface area contributed by atoms with Crippen molar-refractivity contribution in [3.63, 3.8) is 0 Å². The molecule has 5 aromatic carbocycles. The molecular weight excluding hydrogens is 396 g/mol. The molecule has 5 aromatic rings. The Hall–Kier alpha value is -4.18. The molecule has 0 saturated heterocycles. The molecular formula is C28H24N2O2. The average molecular weight is 421 g/mol. The van der Waals surface area contributed by atoms with Gasteiger partial charge in [0.25, 0.3) is 0 Å². The monoisotopic (exact) mass is 420 g/mol. The zero-order valence-electron chi connectivity index (χ0n) is 18.0. The largest absolute Gasteiger partial charge is 0.507 e. The number of benzene rings is 5. The first-order chi connectivity index (χ1) is 15.5. The predicted molar refractivity (Wildman–Crippen MR) is 134 cm³/mol. The smallest absolute Gasteiger partial charge is 0.135 e. The van der Waals surface area contributed by atoms with Gasteiger partial charge in [-0.25, -0.2) is 0 Å². The minimum atomic E-state index is 0.123. The van der Waals surface area contributed by atoms with Crippen molar-refractivity contribution in [2.75, 3.05) is 10.6 Å². The molecule has 4 heteroatoms. The van der Waals surface area contributed by atoms with E-state index in [1.807, 2.05) is 98.8 Å². The average Bonchev–Trinajstić information content (AvgIpc) is 2.80. The molecule has 32 heavy (non-hydrogen) atoms. The maximum absolute atomic E-state index is 11.4. The minimum absolute atomic E-state index is 0.123. The summed E-state index contributed by atoms with van der Waals surface area (Å²) in [6, 6.07) is 27.3. The molecule has 0 aliphatic carbocycles. The summed E-state index contributed by atoms with van der Waals surface area (Å²) in [5.41, 5.74) is 5.62. The van der Waals surface area contributed by atoms with Crippen LogP contribution in [0, 0.1) is 13.8 Å². The van der Waals surface area contributed by atoms with Crippen molar-refractivity contribution in [2.24, 2.45) is 0 Å². The molecule has 0 amide bonds. The minimum Gasteiger partial charge on any atom is -0.507 e. The van der Waals surface area contributed by atoms with E-state index in [9.17, 15) is 10.2 Å². The molecule has 0 unspecified atom stereocenters. The van der Waals surface area contributed by atoms with Gasteiger partial charge in [-0.1, -0.05) is 59.7 Å². The lowest BCUT2D eigenvalue weighted by atomic mass is 9.98. The van der Waals surface area contributed by atoms with Crippen molar-refractivity contribution >= 4 is 44.3 Å². The number of phenolic OH excluding ortho intramolecular Hbond substituents is 2. The van der Waals surface area contributed by atoms with Crippen LogP contribution in [0.5, 0.6) is 11.5 Å². The van der Waals surface area contributed by atoms with Crippen LogP contribution in [0.25, 0.3) is 21.5 Å². The molecule has 0 aliphatic rings. The first-order valence-corrected chi connectivity index (χ1v) is 10.6. The van der Waals surface area contributed by atoms with E-state index >= 15 is 0 Å². The third kappa shape index (κ3) is 3.46. The molecule has 0 spiro atoms. The second-order valence-corrected chi connectivity index (χ2v) is 8.14. The number of aryl methyl sites for hydroxylation is 2. The Morgan fingerprint density at radius 3 is 1.31 bits per heavy atom. The second-order valence-electron chi connectivity index (χ2n) is 8.14. The maximum Gasteiger partial charge on any atom is 0.135 e. The molecule has 0 atom stereocenters. The molecule has 4 N–H and O–H groups in total. The first-order valence-electron chi connectivity index (χ1n) is 10.6. The van der Waals surface area contributed by atoms with E-state index in [2.05, 4.69) is 10.6 Å². The number of nitrogens with one attached hydrogen (secondary N) is 2. The van der Waals surface area contributed by atoms with Crippen molar-refractivity contribution in [3.8, 4) is 11.5 Å². The second kappa shape index (κ2) is 7.82. The number of phenols is 2. The highest BCUT2D eigenvalue weighted by molar-refractivity contribution is 6.18. The topological polar surface area (TPSA) is 64.5 Å². The van der Waals surface area contributed by atoms with Crippen LogP contribution in [0.3, 0.4) is 0 Å². The Balaban J connectivity index is 1.71. The van der Waals surface area contributed by atoms with E-state index in [1.165, 1.54) is 11.1 Å². The van der Waals surface area contributed by atoms with Gasteiger partial charge in [0.2, 0.25) is 0 Å². The summed E-state index contributed by atoms with van der Waals surface area (Å²) in [7, 11) is 0. The summed E-state index contributed by atoms with van der Waals surface area (Å²) in [5, 5.41) is 31.7. The number of fused-ring (bicyclic) bond motifs is 2. The molecule has 0 saturated carbocycles. The Morgan fingerprint density at radius 1 is 0.500 bits per heavy atom. The van der Waals surface area contributed by atoms with Crippen LogP contribution in [0.2, 0.25) is 0 Å². The summed E-state index contributed by atoms with van der Waals surface area (Å²) in [6.45, 7) is 4.08. The fourth-order valence-electron chi connectivity index (χ4n) is 4.07. The van der Waals surface area contributed by atoms with E-state index in [1.54, 1.807) is 0 Å². The predicted octanol–water partition coefficient (Wildman–Crippen LogP) is 7.51. The van der Waals surface area contributed by atoms with Crippen molar-refractivity contribution in [1.82, 2.24) is 0 Å². The van der Waals surface area contributed by atoms with Gasteiger partial charge in [-0.2, -0.15) is 0 Å². The van der Waals surface area contributed by atoms with Crippen LogP contribution in [0.15, 0.2) is 84.9 Å². The molecule has 4 nitrogen and oxygen atoms in total. The molecule has 0 bridgehead atoms. The standard InChI is InChI=1S/C28H24N2O2/c1-17-9-13-19(14-10-17)29-23-7-3-5-21-25(23)28(32)26-22(27(21)31)6-4-8-24(26)30-20-15-11-18(2)12-16-20/h3-16,29-32H,1-2H3. The Bertz CT molecular complexity index is 1330. The van der Waals surface area contributed by atoms with E-state index in [-0.39, 0.29) is 11.5 Å². The normalized spacial score (nSPS) is 11.1. The van der Waals surface area contributed by atoms with Crippen LogP contribution >= 0.6 is 0 Å². The quantitative estimate of drug-likeness (QED) is 0.179. The summed E-state index contributed by atoms with van der Waals surface area (Å²) in [6.07, 6.45) is 0. The number of hydrogen-bond acceptors (Lipinski definition) is 4. The van der Waals surface area contributed by atoms with Gasteiger partial charge in [-0.15, -0.1) is 0 Å². The molecule has 0 fully saturated rings. The zero-order chi connectivity index (χ0) is 22.2. The summed E-state index contributed by atoms with van der Waals surface area (Å²) in [5.74, 6) is 0.270. The Labute approximate surface area is 186 Å². The van der Waals surface area contributed by atoms with Crippen LogP contribution < -0.4 is 10.6 Å². The van der Waals surface area contributed by atoms with Crippen molar-refractivity contribution < 1.29 is 10.2 Å². The van der Waals surface area contributed by atoms with Crippen LogP contribution in [-0.2, 0) is 0 Å². The molecule has 0 radical (unpaired) electrons. The fourth-order valence-corrected chi connectivity index (χ4v) is 4.07. The lowest BCUT2D eigenvalue weighted by Crippen LogP contribution is -1.95. The Morgan fingerprint density at radius 2 is 0.906 bits per heavy atom. The fraction of sp³-hybridized carbons (Fsp3) is 0.0714. The van der Waals surface area contributed by atoms with Crippen LogP contribution in [0.1, 0.15) is 11.1 Å². The number of hydrogen-bond donors (Lipinski definition) is 4. The highest BCUT2D eigenvalue weighted by atomic mass is 16.3. The van der Waals surface area contributed by atoms with E-state index in [0.29, 0.717) is 21.5 Å². The molecule has 158 valence electrons. The molecule has 5 rings (SSSR count). The van der Waals surface area contributed by atoms with Gasteiger partial charge in [0.15, 0.2) is 0 Å². The third-order valence-corrected chi connectivity index (χ3v) is 5.77. The van der Waals surface area contributed by atoms with Gasteiger partial charge in [0, 0.05) is 22.1 Å². The van der Waals surface area contributed by atoms with Gasteiger partial charge in [-0.3, -0.25) is 0 Å². The van der Waals surface area contributed by atoms with Gasteiger partial charge < -0.3 is 20.8 Å².